The maximum absolute atomic E-state index is 12.4. The van der Waals surface area contributed by atoms with Crippen molar-refractivity contribution in [3.63, 3.8) is 0 Å². The van der Waals surface area contributed by atoms with Crippen LogP contribution in [0.15, 0.2) is 59.1 Å². The Bertz CT molecular complexity index is 981. The van der Waals surface area contributed by atoms with Crippen molar-refractivity contribution < 1.29 is 14.1 Å². The minimum atomic E-state index is -0.0865. The van der Waals surface area contributed by atoms with Gasteiger partial charge in [-0.05, 0) is 36.4 Å². The summed E-state index contributed by atoms with van der Waals surface area (Å²) < 4.78 is 10.9. The number of anilines is 2. The van der Waals surface area contributed by atoms with E-state index in [2.05, 4.69) is 27.2 Å². The third-order valence-corrected chi connectivity index (χ3v) is 5.49. The molecule has 2 saturated heterocycles. The molecule has 7 nitrogen and oxygen atoms in total. The number of amides is 1. The van der Waals surface area contributed by atoms with E-state index in [1.54, 1.807) is 4.90 Å². The zero-order chi connectivity index (χ0) is 19.6. The smallest absolute Gasteiger partial charge is 0.232 e. The summed E-state index contributed by atoms with van der Waals surface area (Å²) in [4.78, 5) is 21.1. The summed E-state index contributed by atoms with van der Waals surface area (Å²) in [7, 11) is 0. The van der Waals surface area contributed by atoms with Crippen molar-refractivity contribution in [2.24, 2.45) is 0 Å². The van der Waals surface area contributed by atoms with Crippen LogP contribution in [0.5, 0.6) is 0 Å². The summed E-state index contributed by atoms with van der Waals surface area (Å²) in [5.74, 6) is 1.07. The van der Waals surface area contributed by atoms with E-state index in [9.17, 15) is 4.79 Å². The van der Waals surface area contributed by atoms with Gasteiger partial charge >= 0.3 is 0 Å². The van der Waals surface area contributed by atoms with Crippen LogP contribution in [-0.4, -0.2) is 48.9 Å². The molecular formula is C22H22N4O3. The highest BCUT2D eigenvalue weighted by Crippen LogP contribution is 2.32. The van der Waals surface area contributed by atoms with Crippen molar-refractivity contribution in [1.29, 1.82) is 0 Å². The molecule has 2 aromatic carbocycles. The minimum absolute atomic E-state index is 0.0795. The second kappa shape index (κ2) is 7.67. The molecule has 2 fully saturated rings. The number of nitrogens with zero attached hydrogens (tertiary/aromatic N) is 4. The molecule has 5 rings (SSSR count). The third kappa shape index (κ3) is 3.61. The molecule has 0 aliphatic carbocycles. The molecule has 2 aliphatic heterocycles. The number of morpholine rings is 1. The molecule has 1 aromatic heterocycles. The number of ether oxygens (including phenoxy) is 1. The summed E-state index contributed by atoms with van der Waals surface area (Å²) in [6, 6.07) is 17.9. The van der Waals surface area contributed by atoms with E-state index in [0.29, 0.717) is 24.7 Å². The first-order valence-corrected chi connectivity index (χ1v) is 9.90. The molecule has 1 amide bonds. The molecule has 2 aliphatic rings. The van der Waals surface area contributed by atoms with Crippen LogP contribution in [0.2, 0.25) is 0 Å². The molecule has 29 heavy (non-hydrogen) atoms. The molecule has 3 heterocycles. The van der Waals surface area contributed by atoms with E-state index in [4.69, 9.17) is 9.26 Å². The summed E-state index contributed by atoms with van der Waals surface area (Å²) in [6.07, 6.45) is 0.381. The number of benzene rings is 2. The molecule has 3 aromatic rings. The molecule has 0 bridgehead atoms. The molecule has 148 valence electrons. The third-order valence-electron chi connectivity index (χ3n) is 5.49. The quantitative estimate of drug-likeness (QED) is 0.682. The van der Waals surface area contributed by atoms with Gasteiger partial charge in [0, 0.05) is 43.0 Å². The summed E-state index contributed by atoms with van der Waals surface area (Å²) >= 11 is 0. The fourth-order valence-electron chi connectivity index (χ4n) is 3.89. The highest BCUT2D eigenvalue weighted by molar-refractivity contribution is 5.96. The first kappa shape index (κ1) is 17.9. The number of aromatic nitrogens is 2. The highest BCUT2D eigenvalue weighted by atomic mass is 16.5. The highest BCUT2D eigenvalue weighted by Gasteiger charge is 2.35. The van der Waals surface area contributed by atoms with E-state index >= 15 is 0 Å². The molecule has 0 spiro atoms. The van der Waals surface area contributed by atoms with E-state index in [1.165, 1.54) is 5.69 Å². The summed E-state index contributed by atoms with van der Waals surface area (Å²) in [6.45, 7) is 3.88. The van der Waals surface area contributed by atoms with E-state index in [0.717, 1.165) is 37.6 Å². The van der Waals surface area contributed by atoms with Crippen molar-refractivity contribution >= 4 is 17.3 Å². The van der Waals surface area contributed by atoms with Crippen LogP contribution in [0.4, 0.5) is 11.4 Å². The maximum atomic E-state index is 12.4. The molecular weight excluding hydrogens is 368 g/mol. The van der Waals surface area contributed by atoms with Gasteiger partial charge in [0.15, 0.2) is 0 Å². The Kier molecular flexibility index (Phi) is 4.73. The first-order valence-electron chi connectivity index (χ1n) is 9.90. The minimum Gasteiger partial charge on any atom is -0.378 e. The number of hydrogen-bond acceptors (Lipinski definition) is 6. The van der Waals surface area contributed by atoms with E-state index in [1.807, 2.05) is 42.5 Å². The van der Waals surface area contributed by atoms with Crippen LogP contribution in [0.25, 0.3) is 11.4 Å². The number of rotatable bonds is 4. The van der Waals surface area contributed by atoms with Gasteiger partial charge in [-0.1, -0.05) is 23.4 Å². The lowest BCUT2D eigenvalue weighted by molar-refractivity contribution is -0.117. The number of carbonyl (C=O) groups is 1. The molecule has 0 saturated carbocycles. The second-order valence-electron chi connectivity index (χ2n) is 7.34. The molecule has 1 atom stereocenters. The van der Waals surface area contributed by atoms with Crippen LogP contribution >= 0.6 is 0 Å². The Labute approximate surface area is 168 Å². The normalized spacial score (nSPS) is 19.7. The van der Waals surface area contributed by atoms with Gasteiger partial charge in [-0.2, -0.15) is 4.98 Å². The summed E-state index contributed by atoms with van der Waals surface area (Å²) in [5.41, 5.74) is 2.97. The van der Waals surface area contributed by atoms with Crippen LogP contribution in [0.3, 0.4) is 0 Å². The molecule has 7 heteroatoms. The monoisotopic (exact) mass is 390 g/mol. The van der Waals surface area contributed by atoms with Crippen molar-refractivity contribution in [2.75, 3.05) is 42.6 Å². The lowest BCUT2D eigenvalue weighted by Crippen LogP contribution is -2.36. The Morgan fingerprint density at radius 3 is 2.45 bits per heavy atom. The Hall–Kier alpha value is -3.19. The zero-order valence-corrected chi connectivity index (χ0v) is 16.0. The van der Waals surface area contributed by atoms with Crippen LogP contribution in [0, 0.1) is 0 Å². The predicted octanol–water partition coefficient (Wildman–Crippen LogP) is 3.09. The van der Waals surface area contributed by atoms with Gasteiger partial charge in [-0.3, -0.25) is 4.79 Å². The number of para-hydroxylation sites is 1. The molecule has 0 N–H and O–H groups in total. The van der Waals surface area contributed by atoms with Gasteiger partial charge in [-0.15, -0.1) is 0 Å². The van der Waals surface area contributed by atoms with E-state index in [-0.39, 0.29) is 11.8 Å². The maximum Gasteiger partial charge on any atom is 0.232 e. The topological polar surface area (TPSA) is 71.7 Å². The summed E-state index contributed by atoms with van der Waals surface area (Å²) in [5, 5.41) is 4.15. The van der Waals surface area contributed by atoms with Crippen molar-refractivity contribution in [1.82, 2.24) is 10.1 Å². The second-order valence-corrected chi connectivity index (χ2v) is 7.34. The van der Waals surface area contributed by atoms with Gasteiger partial charge in [0.25, 0.3) is 0 Å². The Morgan fingerprint density at radius 2 is 1.69 bits per heavy atom. The van der Waals surface area contributed by atoms with Gasteiger partial charge in [0.2, 0.25) is 17.6 Å². The van der Waals surface area contributed by atoms with Gasteiger partial charge in [-0.25, -0.2) is 0 Å². The van der Waals surface area contributed by atoms with Crippen LogP contribution in [0.1, 0.15) is 18.2 Å². The average Bonchev–Trinajstić information content (AvgIpc) is 3.42. The van der Waals surface area contributed by atoms with E-state index < -0.39 is 0 Å². The number of carbonyl (C=O) groups excluding carboxylic acids is 1. The Balaban J connectivity index is 1.30. The molecule has 1 unspecified atom stereocenters. The Morgan fingerprint density at radius 1 is 0.931 bits per heavy atom. The van der Waals surface area contributed by atoms with Gasteiger partial charge in [0.05, 0.1) is 19.1 Å². The van der Waals surface area contributed by atoms with Crippen molar-refractivity contribution in [2.45, 2.75) is 12.3 Å². The molecule has 0 radical (unpaired) electrons. The lowest BCUT2D eigenvalue weighted by atomic mass is 10.1. The lowest BCUT2D eigenvalue weighted by Gasteiger charge is -2.28. The van der Waals surface area contributed by atoms with Crippen LogP contribution < -0.4 is 9.80 Å². The van der Waals surface area contributed by atoms with Crippen molar-refractivity contribution in [3.05, 3.63) is 60.5 Å². The average molecular weight is 390 g/mol. The van der Waals surface area contributed by atoms with Crippen LogP contribution in [-0.2, 0) is 9.53 Å². The largest absolute Gasteiger partial charge is 0.378 e. The van der Waals surface area contributed by atoms with Gasteiger partial charge < -0.3 is 19.1 Å². The fraction of sp³-hybridized carbons (Fsp3) is 0.318. The zero-order valence-electron chi connectivity index (χ0n) is 16.0. The first-order chi connectivity index (χ1) is 14.3. The standard InChI is InChI=1S/C22H22N4O3/c27-20-14-17(15-26(20)19-4-2-1-3-5-19)22-23-21(24-29-22)16-6-8-18(9-7-16)25-10-12-28-13-11-25/h1-9,17H,10-15H2. The SMILES string of the molecule is O=C1CC(c2nc(-c3ccc(N4CCOCC4)cc3)no2)CN1c1ccccc1. The van der Waals surface area contributed by atoms with Crippen molar-refractivity contribution in [3.8, 4) is 11.4 Å². The fourth-order valence-corrected chi connectivity index (χ4v) is 3.89. The predicted molar refractivity (Wildman–Crippen MR) is 109 cm³/mol. The van der Waals surface area contributed by atoms with Gasteiger partial charge in [0.1, 0.15) is 0 Å². The number of hydrogen-bond donors (Lipinski definition) is 0.